The zero-order valence-corrected chi connectivity index (χ0v) is 7.77. The van der Waals surface area contributed by atoms with Crippen LogP contribution in [-0.2, 0) is 0 Å². The molecule has 0 aromatic carbocycles. The van der Waals surface area contributed by atoms with Crippen LogP contribution in [-0.4, -0.2) is 25.0 Å². The van der Waals surface area contributed by atoms with Crippen molar-refractivity contribution in [3.8, 4) is 0 Å². The topological polar surface area (TPSA) is 3.24 Å². The molecule has 0 aromatic heterocycles. The van der Waals surface area contributed by atoms with Crippen molar-refractivity contribution in [2.45, 2.75) is 32.6 Å². The second kappa shape index (κ2) is 2.48. The zero-order valence-electron chi connectivity index (χ0n) is 7.77. The van der Waals surface area contributed by atoms with E-state index in [9.17, 15) is 0 Å². The average molecular weight is 153 g/mol. The van der Waals surface area contributed by atoms with Crippen LogP contribution in [0.4, 0.5) is 0 Å². The number of hydrogen-bond acceptors (Lipinski definition) is 1. The minimum absolute atomic E-state index is 0.745. The van der Waals surface area contributed by atoms with Gasteiger partial charge >= 0.3 is 0 Å². The second-order valence-electron chi connectivity index (χ2n) is 4.64. The number of rotatable bonds is 0. The summed E-state index contributed by atoms with van der Waals surface area (Å²) in [6.45, 7) is 5.16. The Bertz CT molecular complexity index is 155. The fourth-order valence-corrected chi connectivity index (χ4v) is 3.03. The first kappa shape index (κ1) is 7.60. The lowest BCUT2D eigenvalue weighted by atomic mass is 9.78. The van der Waals surface area contributed by atoms with Crippen LogP contribution >= 0.6 is 0 Å². The first-order chi connectivity index (χ1) is 5.23. The van der Waals surface area contributed by atoms with Crippen molar-refractivity contribution < 1.29 is 0 Å². The molecule has 0 bridgehead atoms. The summed E-state index contributed by atoms with van der Waals surface area (Å²) in [5.41, 5.74) is 0.745. The Morgan fingerprint density at radius 1 is 1.36 bits per heavy atom. The van der Waals surface area contributed by atoms with Crippen molar-refractivity contribution in [3.05, 3.63) is 0 Å². The standard InChI is InChI=1S/C10H19N/c1-9-4-3-5-10(9)6-7-11(2)8-10/h9H,3-8H2,1-2H3/t9-,10?/m1/s1. The summed E-state index contributed by atoms with van der Waals surface area (Å²) in [6.07, 6.45) is 5.92. The molecule has 0 radical (unpaired) electrons. The van der Waals surface area contributed by atoms with Crippen molar-refractivity contribution in [2.75, 3.05) is 20.1 Å². The molecule has 1 heteroatoms. The molecule has 2 atom stereocenters. The molecule has 0 N–H and O–H groups in total. The molecule has 0 amide bonds. The minimum atomic E-state index is 0.745. The normalized spacial score (nSPS) is 45.8. The maximum Gasteiger partial charge on any atom is 0.00380 e. The van der Waals surface area contributed by atoms with Gasteiger partial charge in [-0.3, -0.25) is 0 Å². The van der Waals surface area contributed by atoms with Gasteiger partial charge in [-0.2, -0.15) is 0 Å². The van der Waals surface area contributed by atoms with Crippen LogP contribution < -0.4 is 0 Å². The van der Waals surface area contributed by atoms with Crippen molar-refractivity contribution in [3.63, 3.8) is 0 Å². The Hall–Kier alpha value is -0.0400. The molecule has 1 saturated carbocycles. The van der Waals surface area contributed by atoms with E-state index in [1.54, 1.807) is 0 Å². The van der Waals surface area contributed by atoms with Gasteiger partial charge in [0.05, 0.1) is 0 Å². The van der Waals surface area contributed by atoms with Crippen LogP contribution in [0.5, 0.6) is 0 Å². The molecular formula is C10H19N. The van der Waals surface area contributed by atoms with E-state index in [4.69, 9.17) is 0 Å². The summed E-state index contributed by atoms with van der Waals surface area (Å²) in [7, 11) is 2.26. The van der Waals surface area contributed by atoms with E-state index in [2.05, 4.69) is 18.9 Å². The van der Waals surface area contributed by atoms with E-state index in [1.165, 1.54) is 38.8 Å². The lowest BCUT2D eigenvalue weighted by Crippen LogP contribution is -2.27. The summed E-state index contributed by atoms with van der Waals surface area (Å²) >= 11 is 0. The van der Waals surface area contributed by atoms with Crippen LogP contribution in [0.25, 0.3) is 0 Å². The maximum atomic E-state index is 2.50. The molecule has 1 aliphatic carbocycles. The van der Waals surface area contributed by atoms with E-state index in [1.807, 2.05) is 0 Å². The van der Waals surface area contributed by atoms with E-state index in [0.29, 0.717) is 0 Å². The Balaban J connectivity index is 2.10. The fraction of sp³-hybridized carbons (Fsp3) is 1.00. The molecule has 2 rings (SSSR count). The molecule has 1 aliphatic heterocycles. The van der Waals surface area contributed by atoms with Crippen molar-refractivity contribution in [2.24, 2.45) is 11.3 Å². The minimum Gasteiger partial charge on any atom is -0.306 e. The molecule has 1 nitrogen and oxygen atoms in total. The second-order valence-corrected chi connectivity index (χ2v) is 4.64. The van der Waals surface area contributed by atoms with E-state index in [0.717, 1.165) is 11.3 Å². The Morgan fingerprint density at radius 2 is 2.18 bits per heavy atom. The van der Waals surface area contributed by atoms with Gasteiger partial charge in [0.2, 0.25) is 0 Å². The Labute approximate surface area is 69.8 Å². The van der Waals surface area contributed by atoms with Crippen LogP contribution in [0.1, 0.15) is 32.6 Å². The molecule has 64 valence electrons. The Kier molecular flexibility index (Phi) is 1.71. The highest BCUT2D eigenvalue weighted by Gasteiger charge is 2.43. The molecule has 2 fully saturated rings. The first-order valence-corrected chi connectivity index (χ1v) is 4.91. The molecule has 2 aliphatic rings. The summed E-state index contributed by atoms with van der Waals surface area (Å²) in [6, 6.07) is 0. The van der Waals surface area contributed by atoms with Gasteiger partial charge in [-0.1, -0.05) is 19.8 Å². The van der Waals surface area contributed by atoms with Crippen LogP contribution in [0.2, 0.25) is 0 Å². The number of hydrogen-bond donors (Lipinski definition) is 0. The van der Waals surface area contributed by atoms with Crippen LogP contribution in [0, 0.1) is 11.3 Å². The molecule has 1 heterocycles. The van der Waals surface area contributed by atoms with Crippen molar-refractivity contribution >= 4 is 0 Å². The third kappa shape index (κ3) is 1.10. The monoisotopic (exact) mass is 153 g/mol. The molecule has 1 saturated heterocycles. The SMILES string of the molecule is C[C@@H]1CCCC12CCN(C)C2. The van der Waals surface area contributed by atoms with E-state index >= 15 is 0 Å². The number of likely N-dealkylation sites (tertiary alicyclic amines) is 1. The van der Waals surface area contributed by atoms with Gasteiger partial charge in [-0.05, 0) is 37.8 Å². The molecule has 11 heavy (non-hydrogen) atoms. The third-order valence-electron chi connectivity index (χ3n) is 3.93. The summed E-state index contributed by atoms with van der Waals surface area (Å²) in [5.74, 6) is 0.993. The van der Waals surface area contributed by atoms with Crippen LogP contribution in [0.3, 0.4) is 0 Å². The average Bonchev–Trinajstić information content (AvgIpc) is 2.46. The smallest absolute Gasteiger partial charge is 0.00380 e. The van der Waals surface area contributed by atoms with Gasteiger partial charge in [-0.25, -0.2) is 0 Å². The van der Waals surface area contributed by atoms with Gasteiger partial charge in [0.15, 0.2) is 0 Å². The van der Waals surface area contributed by atoms with Crippen molar-refractivity contribution in [1.82, 2.24) is 4.90 Å². The van der Waals surface area contributed by atoms with Crippen LogP contribution in [0.15, 0.2) is 0 Å². The lowest BCUT2D eigenvalue weighted by molar-refractivity contribution is 0.219. The van der Waals surface area contributed by atoms with Gasteiger partial charge in [0.1, 0.15) is 0 Å². The van der Waals surface area contributed by atoms with E-state index in [-0.39, 0.29) is 0 Å². The summed E-state index contributed by atoms with van der Waals surface area (Å²) in [4.78, 5) is 2.50. The zero-order chi connectivity index (χ0) is 7.90. The predicted octanol–water partition coefficient (Wildman–Crippen LogP) is 2.13. The molecule has 1 unspecified atom stereocenters. The van der Waals surface area contributed by atoms with Gasteiger partial charge < -0.3 is 4.90 Å². The quantitative estimate of drug-likeness (QED) is 0.515. The van der Waals surface area contributed by atoms with Gasteiger partial charge in [-0.15, -0.1) is 0 Å². The fourth-order valence-electron chi connectivity index (χ4n) is 3.03. The number of nitrogens with zero attached hydrogens (tertiary/aromatic N) is 1. The lowest BCUT2D eigenvalue weighted by Gasteiger charge is -2.28. The van der Waals surface area contributed by atoms with Gasteiger partial charge in [0, 0.05) is 6.54 Å². The molecule has 0 aromatic rings. The first-order valence-electron chi connectivity index (χ1n) is 4.91. The summed E-state index contributed by atoms with van der Waals surface area (Å²) < 4.78 is 0. The Morgan fingerprint density at radius 3 is 2.64 bits per heavy atom. The summed E-state index contributed by atoms with van der Waals surface area (Å²) in [5, 5.41) is 0. The van der Waals surface area contributed by atoms with Gasteiger partial charge in [0.25, 0.3) is 0 Å². The van der Waals surface area contributed by atoms with Crippen molar-refractivity contribution in [1.29, 1.82) is 0 Å². The predicted molar refractivity (Wildman–Crippen MR) is 47.6 cm³/mol. The largest absolute Gasteiger partial charge is 0.306 e. The molecular weight excluding hydrogens is 134 g/mol. The maximum absolute atomic E-state index is 2.50. The van der Waals surface area contributed by atoms with E-state index < -0.39 is 0 Å². The molecule has 1 spiro atoms. The highest BCUT2D eigenvalue weighted by atomic mass is 15.1. The highest BCUT2D eigenvalue weighted by molar-refractivity contribution is 4.96. The highest BCUT2D eigenvalue weighted by Crippen LogP contribution is 2.48. The third-order valence-corrected chi connectivity index (χ3v) is 3.93.